The highest BCUT2D eigenvalue weighted by molar-refractivity contribution is 6.62. The topological polar surface area (TPSA) is 81.0 Å². The van der Waals surface area contributed by atoms with Gasteiger partial charge in [0.15, 0.2) is 0 Å². The number of halogens is 1. The van der Waals surface area contributed by atoms with Crippen molar-refractivity contribution >= 4 is 20.3 Å². The third kappa shape index (κ3) is 4.27. The lowest BCUT2D eigenvalue weighted by Gasteiger charge is -2.32. The summed E-state index contributed by atoms with van der Waals surface area (Å²) in [4.78, 5) is 3.85. The molecule has 2 N–H and O–H groups in total. The number of pyridine rings is 1. The molecule has 0 atom stereocenters. The molecule has 0 unspecified atom stereocenters. The molecular weight excluding hydrogens is 291 g/mol. The monoisotopic (exact) mass is 312 g/mol. The van der Waals surface area contributed by atoms with Gasteiger partial charge in [-0.25, -0.2) is 4.98 Å². The lowest BCUT2D eigenvalue weighted by atomic mass is 9.80. The van der Waals surface area contributed by atoms with Crippen LogP contribution in [0.4, 0.5) is 4.39 Å². The van der Waals surface area contributed by atoms with E-state index in [-0.39, 0.29) is 14.3 Å². The van der Waals surface area contributed by atoms with E-state index in [1.54, 1.807) is 19.2 Å². The van der Waals surface area contributed by atoms with Gasteiger partial charge < -0.3 is 24.1 Å². The molecular formula is C13H21B2FNO5. The fourth-order valence-corrected chi connectivity index (χ4v) is 1.86. The fraction of sp³-hybridized carbons (Fsp3) is 0.615. The predicted molar refractivity (Wildman–Crippen MR) is 80.8 cm³/mol. The third-order valence-corrected chi connectivity index (χ3v) is 3.73. The summed E-state index contributed by atoms with van der Waals surface area (Å²) in [5.41, 5.74) is -0.122. The van der Waals surface area contributed by atoms with E-state index in [0.717, 1.165) is 0 Å². The summed E-state index contributed by atoms with van der Waals surface area (Å²) in [5, 5.41) is 14.0. The molecule has 1 aromatic rings. The van der Waals surface area contributed by atoms with Gasteiger partial charge in [0.2, 0.25) is 5.95 Å². The Labute approximate surface area is 131 Å². The Kier molecular flexibility index (Phi) is 6.51. The Morgan fingerprint density at radius 2 is 1.73 bits per heavy atom. The molecule has 1 aliphatic rings. The Morgan fingerprint density at radius 3 is 2.14 bits per heavy atom. The van der Waals surface area contributed by atoms with Crippen LogP contribution in [-0.4, -0.2) is 48.1 Å². The van der Waals surface area contributed by atoms with Crippen molar-refractivity contribution in [2.45, 2.75) is 45.5 Å². The molecule has 1 aromatic heterocycles. The number of nitrogens with zero attached hydrogens (tertiary/aromatic N) is 1. The SMILES string of the molecule is COCc1ccc(B2OC(C)(C)C(C)(C)O2)c(F)n1.O[B]O. The van der Waals surface area contributed by atoms with Gasteiger partial charge in [-0.1, -0.05) is 6.07 Å². The number of hydrogen-bond donors (Lipinski definition) is 2. The van der Waals surface area contributed by atoms with Gasteiger partial charge in [-0.2, -0.15) is 4.39 Å². The molecule has 0 bridgehead atoms. The molecule has 22 heavy (non-hydrogen) atoms. The van der Waals surface area contributed by atoms with Crippen molar-refractivity contribution in [2.24, 2.45) is 0 Å². The molecule has 0 aliphatic carbocycles. The first-order valence-electron chi connectivity index (χ1n) is 6.78. The molecule has 0 amide bonds. The number of hydrogen-bond acceptors (Lipinski definition) is 6. The summed E-state index contributed by atoms with van der Waals surface area (Å²) in [6, 6.07) is 3.35. The van der Waals surface area contributed by atoms with E-state index in [1.165, 1.54) is 0 Å². The summed E-state index contributed by atoms with van der Waals surface area (Å²) in [6.45, 7) is 7.99. The molecule has 2 heterocycles. The highest BCUT2D eigenvalue weighted by Gasteiger charge is 2.52. The van der Waals surface area contributed by atoms with Crippen LogP contribution in [0, 0.1) is 5.95 Å². The molecule has 121 valence electrons. The maximum absolute atomic E-state index is 14.0. The summed E-state index contributed by atoms with van der Waals surface area (Å²) >= 11 is 0. The average molecular weight is 312 g/mol. The van der Waals surface area contributed by atoms with Crippen LogP contribution >= 0.6 is 0 Å². The Bertz CT molecular complexity index is 485. The Balaban J connectivity index is 0.000000745. The molecule has 0 aromatic carbocycles. The van der Waals surface area contributed by atoms with Crippen molar-refractivity contribution in [3.05, 3.63) is 23.8 Å². The highest BCUT2D eigenvalue weighted by Crippen LogP contribution is 2.36. The van der Waals surface area contributed by atoms with Crippen molar-refractivity contribution < 1.29 is 28.5 Å². The van der Waals surface area contributed by atoms with Crippen LogP contribution in [0.3, 0.4) is 0 Å². The molecule has 9 heteroatoms. The van der Waals surface area contributed by atoms with Gasteiger partial charge in [0.05, 0.1) is 23.5 Å². The van der Waals surface area contributed by atoms with Gasteiger partial charge in [-0.05, 0) is 33.8 Å². The minimum absolute atomic E-state index is 0. The third-order valence-electron chi connectivity index (χ3n) is 3.73. The molecule has 1 saturated heterocycles. The van der Waals surface area contributed by atoms with Gasteiger partial charge >= 0.3 is 14.8 Å². The molecule has 1 radical (unpaired) electrons. The number of ether oxygens (including phenoxy) is 1. The maximum atomic E-state index is 14.0. The molecule has 0 spiro atoms. The van der Waals surface area contributed by atoms with Gasteiger partial charge in [0.1, 0.15) is 0 Å². The first-order chi connectivity index (χ1) is 10.2. The Hall–Kier alpha value is -0.990. The van der Waals surface area contributed by atoms with Crippen molar-refractivity contribution in [3.8, 4) is 0 Å². The lowest BCUT2D eigenvalue weighted by molar-refractivity contribution is 0.00578. The van der Waals surface area contributed by atoms with E-state index in [0.29, 0.717) is 11.2 Å². The minimum Gasteiger partial charge on any atom is -0.429 e. The summed E-state index contributed by atoms with van der Waals surface area (Å²) in [5.74, 6) is -0.576. The number of rotatable bonds is 3. The van der Waals surface area contributed by atoms with Gasteiger partial charge in [0, 0.05) is 12.6 Å². The molecule has 6 nitrogen and oxygen atoms in total. The maximum Gasteiger partial charge on any atom is 0.499 e. The minimum atomic E-state index is -0.728. The van der Waals surface area contributed by atoms with Crippen molar-refractivity contribution in [1.29, 1.82) is 0 Å². The quantitative estimate of drug-likeness (QED) is 0.612. The van der Waals surface area contributed by atoms with Crippen LogP contribution < -0.4 is 5.46 Å². The lowest BCUT2D eigenvalue weighted by Crippen LogP contribution is -2.41. The summed E-state index contributed by atoms with van der Waals surface area (Å²) in [7, 11) is 0.816. The van der Waals surface area contributed by atoms with Crippen LogP contribution in [0.25, 0.3) is 0 Å². The smallest absolute Gasteiger partial charge is 0.429 e. The Morgan fingerprint density at radius 1 is 1.23 bits per heavy atom. The van der Waals surface area contributed by atoms with Crippen molar-refractivity contribution in [2.75, 3.05) is 7.11 Å². The summed E-state index contributed by atoms with van der Waals surface area (Å²) < 4.78 is 30.5. The zero-order valence-corrected chi connectivity index (χ0v) is 13.5. The van der Waals surface area contributed by atoms with Crippen LogP contribution in [0.15, 0.2) is 12.1 Å². The second-order valence-electron chi connectivity index (χ2n) is 5.82. The normalized spacial score (nSPS) is 18.6. The zero-order chi connectivity index (χ0) is 17.0. The van der Waals surface area contributed by atoms with Crippen LogP contribution in [0.5, 0.6) is 0 Å². The van der Waals surface area contributed by atoms with Gasteiger partial charge in [-0.15, -0.1) is 0 Å². The van der Waals surface area contributed by atoms with E-state index in [9.17, 15) is 4.39 Å². The molecule has 1 aliphatic heterocycles. The number of methoxy groups -OCH3 is 1. The number of aromatic nitrogens is 1. The first kappa shape index (κ1) is 19.1. The van der Waals surface area contributed by atoms with E-state index in [1.807, 2.05) is 27.7 Å². The largest absolute Gasteiger partial charge is 0.499 e. The molecule has 1 fully saturated rings. The average Bonchev–Trinajstić information content (AvgIpc) is 2.59. The van der Waals surface area contributed by atoms with Crippen LogP contribution in [0.1, 0.15) is 33.4 Å². The summed E-state index contributed by atoms with van der Waals surface area (Å²) in [6.07, 6.45) is 0. The van der Waals surface area contributed by atoms with Crippen LogP contribution in [0.2, 0.25) is 0 Å². The van der Waals surface area contributed by atoms with E-state index in [2.05, 4.69) is 4.98 Å². The van der Waals surface area contributed by atoms with Crippen molar-refractivity contribution in [1.82, 2.24) is 4.98 Å². The van der Waals surface area contributed by atoms with E-state index >= 15 is 0 Å². The van der Waals surface area contributed by atoms with E-state index in [4.69, 9.17) is 24.1 Å². The second-order valence-corrected chi connectivity index (χ2v) is 5.82. The van der Waals surface area contributed by atoms with Gasteiger partial charge in [-0.3, -0.25) is 0 Å². The zero-order valence-electron chi connectivity index (χ0n) is 13.5. The molecule has 0 saturated carbocycles. The van der Waals surface area contributed by atoms with Crippen molar-refractivity contribution in [3.63, 3.8) is 0 Å². The second kappa shape index (κ2) is 7.52. The highest BCUT2D eigenvalue weighted by atomic mass is 19.1. The molecule has 2 rings (SSSR count). The van der Waals surface area contributed by atoms with Gasteiger partial charge in [0.25, 0.3) is 0 Å². The van der Waals surface area contributed by atoms with Crippen LogP contribution in [-0.2, 0) is 20.7 Å². The fourth-order valence-electron chi connectivity index (χ4n) is 1.86. The van der Waals surface area contributed by atoms with E-state index < -0.39 is 24.3 Å². The standard InChI is InChI=1S/C13H19BFNO3.BH2O2/c1-12(2)13(3,4)19-14(18-12)10-7-6-9(8-17-5)16-11(10)15;2-1-3/h6-7H,8H2,1-5H3;2-3H. The predicted octanol–water partition coefficient (Wildman–Crippen LogP) is 0.171. The first-order valence-corrected chi connectivity index (χ1v) is 6.78.